The quantitative estimate of drug-likeness (QED) is 0.804. The lowest BCUT2D eigenvalue weighted by molar-refractivity contribution is 0.268. The summed E-state index contributed by atoms with van der Waals surface area (Å²) in [6.07, 6.45) is 2.65. The molecule has 1 aliphatic rings. The molecular formula is C12H17N5. The lowest BCUT2D eigenvalue weighted by atomic mass is 10.2. The molecule has 5 heteroatoms. The number of rotatable bonds is 2. The minimum Gasteiger partial charge on any atom is -0.397 e. The van der Waals surface area contributed by atoms with Gasteiger partial charge in [0.2, 0.25) is 0 Å². The number of likely N-dealkylation sites (N-methyl/N-ethyl adjacent to an activating group) is 1. The predicted molar refractivity (Wildman–Crippen MR) is 66.6 cm³/mol. The fourth-order valence-electron chi connectivity index (χ4n) is 2.46. The average molecular weight is 231 g/mol. The molecule has 3 N–H and O–H groups in total. The first kappa shape index (κ1) is 10.4. The Balaban J connectivity index is 1.93. The van der Waals surface area contributed by atoms with Gasteiger partial charge in [0.25, 0.3) is 0 Å². The summed E-state index contributed by atoms with van der Waals surface area (Å²) < 4.78 is 2.34. The van der Waals surface area contributed by atoms with Gasteiger partial charge in [-0.3, -0.25) is 10.00 Å². The summed E-state index contributed by atoms with van der Waals surface area (Å²) in [7, 11) is 2.13. The van der Waals surface area contributed by atoms with Crippen molar-refractivity contribution in [3.63, 3.8) is 0 Å². The van der Waals surface area contributed by atoms with Crippen molar-refractivity contribution in [3.05, 3.63) is 35.4 Å². The summed E-state index contributed by atoms with van der Waals surface area (Å²) in [6, 6.07) is 4.10. The topological polar surface area (TPSA) is 62.9 Å². The molecule has 3 rings (SSSR count). The Morgan fingerprint density at radius 2 is 2.35 bits per heavy atom. The van der Waals surface area contributed by atoms with Gasteiger partial charge in [-0.05, 0) is 19.2 Å². The van der Waals surface area contributed by atoms with E-state index >= 15 is 0 Å². The van der Waals surface area contributed by atoms with Crippen LogP contribution in [0.3, 0.4) is 0 Å². The van der Waals surface area contributed by atoms with Crippen molar-refractivity contribution < 1.29 is 0 Å². The second-order valence-electron chi connectivity index (χ2n) is 4.69. The predicted octanol–water partition coefficient (Wildman–Crippen LogP) is 0.830. The molecule has 5 nitrogen and oxygen atoms in total. The molecule has 0 fully saturated rings. The Hall–Kier alpha value is -1.75. The maximum atomic E-state index is 6.08. The van der Waals surface area contributed by atoms with Crippen LogP contribution in [0.15, 0.2) is 18.3 Å². The first-order chi connectivity index (χ1) is 8.24. The van der Waals surface area contributed by atoms with Crippen molar-refractivity contribution in [2.24, 2.45) is 0 Å². The molecule has 0 radical (unpaired) electrons. The molecule has 3 heterocycles. The summed E-state index contributed by atoms with van der Waals surface area (Å²) >= 11 is 0. The Bertz CT molecular complexity index is 511. The third-order valence-corrected chi connectivity index (χ3v) is 3.38. The molecule has 90 valence electrons. The lowest BCUT2D eigenvalue weighted by Crippen LogP contribution is -2.31. The Labute approximate surface area is 100 Å². The highest BCUT2D eigenvalue weighted by atomic mass is 15.2. The average Bonchev–Trinajstić information content (AvgIpc) is 2.89. The van der Waals surface area contributed by atoms with E-state index in [9.17, 15) is 0 Å². The van der Waals surface area contributed by atoms with Gasteiger partial charge in [-0.1, -0.05) is 0 Å². The van der Waals surface area contributed by atoms with E-state index in [1.807, 2.05) is 6.07 Å². The molecule has 0 aromatic carbocycles. The van der Waals surface area contributed by atoms with E-state index in [4.69, 9.17) is 5.73 Å². The third-order valence-electron chi connectivity index (χ3n) is 3.38. The zero-order valence-corrected chi connectivity index (χ0v) is 9.98. The molecule has 0 saturated heterocycles. The molecule has 0 saturated carbocycles. The van der Waals surface area contributed by atoms with Crippen molar-refractivity contribution in [3.8, 4) is 0 Å². The smallest absolute Gasteiger partial charge is 0.0552 e. The summed E-state index contributed by atoms with van der Waals surface area (Å²) in [5.41, 5.74) is 10.6. The largest absolute Gasteiger partial charge is 0.397 e. The molecule has 2 aromatic heterocycles. The Morgan fingerprint density at radius 3 is 3.12 bits per heavy atom. The van der Waals surface area contributed by atoms with Crippen LogP contribution < -0.4 is 5.73 Å². The molecule has 0 unspecified atom stereocenters. The SMILES string of the molecule is CN1CCn2c(Cc3ccn[nH]3)cc(N)c2C1. The second kappa shape index (κ2) is 3.92. The number of hydrogen-bond donors (Lipinski definition) is 2. The summed E-state index contributed by atoms with van der Waals surface area (Å²) in [5, 5.41) is 6.97. The number of aromatic nitrogens is 3. The number of hydrogen-bond acceptors (Lipinski definition) is 3. The fraction of sp³-hybridized carbons (Fsp3) is 0.417. The van der Waals surface area contributed by atoms with E-state index in [1.54, 1.807) is 6.20 Å². The highest BCUT2D eigenvalue weighted by Gasteiger charge is 2.19. The standard InChI is InChI=1S/C12H17N5/c1-16-4-5-17-10(6-9-2-3-14-15-9)7-11(13)12(17)8-16/h2-3,7H,4-6,8,13H2,1H3,(H,14,15). The molecule has 1 aliphatic heterocycles. The number of fused-ring (bicyclic) bond motifs is 1. The molecule has 17 heavy (non-hydrogen) atoms. The van der Waals surface area contributed by atoms with Gasteiger partial charge in [0.05, 0.1) is 11.4 Å². The van der Waals surface area contributed by atoms with E-state index in [0.29, 0.717) is 0 Å². The first-order valence-electron chi connectivity index (χ1n) is 5.87. The molecule has 0 atom stereocenters. The van der Waals surface area contributed by atoms with Gasteiger partial charge >= 0.3 is 0 Å². The minimum absolute atomic E-state index is 0.869. The molecule has 0 spiro atoms. The minimum atomic E-state index is 0.869. The monoisotopic (exact) mass is 231 g/mol. The van der Waals surface area contributed by atoms with Crippen LogP contribution in [0, 0.1) is 0 Å². The fourth-order valence-corrected chi connectivity index (χ4v) is 2.46. The summed E-state index contributed by atoms with van der Waals surface area (Å²) in [6.45, 7) is 3.04. The van der Waals surface area contributed by atoms with Crippen LogP contribution in [-0.4, -0.2) is 33.3 Å². The van der Waals surface area contributed by atoms with Crippen molar-refractivity contribution >= 4 is 5.69 Å². The van der Waals surface area contributed by atoms with E-state index in [-0.39, 0.29) is 0 Å². The maximum Gasteiger partial charge on any atom is 0.0552 e. The van der Waals surface area contributed by atoms with Crippen LogP contribution in [0.25, 0.3) is 0 Å². The Morgan fingerprint density at radius 1 is 1.47 bits per heavy atom. The van der Waals surface area contributed by atoms with Gasteiger partial charge in [0, 0.05) is 43.6 Å². The van der Waals surface area contributed by atoms with Gasteiger partial charge in [-0.15, -0.1) is 0 Å². The van der Waals surface area contributed by atoms with Crippen molar-refractivity contribution in [1.29, 1.82) is 0 Å². The van der Waals surface area contributed by atoms with E-state index in [0.717, 1.165) is 37.4 Å². The number of nitrogens with one attached hydrogen (secondary N) is 1. The zero-order valence-electron chi connectivity index (χ0n) is 9.98. The third kappa shape index (κ3) is 1.82. The summed E-state index contributed by atoms with van der Waals surface area (Å²) in [4.78, 5) is 2.30. The molecule has 0 aliphatic carbocycles. The lowest BCUT2D eigenvalue weighted by Gasteiger charge is -2.26. The van der Waals surface area contributed by atoms with Gasteiger partial charge < -0.3 is 10.3 Å². The van der Waals surface area contributed by atoms with Gasteiger partial charge in [0.1, 0.15) is 0 Å². The number of nitrogens with zero attached hydrogens (tertiary/aromatic N) is 3. The number of nitrogens with two attached hydrogens (primary N) is 1. The Kier molecular flexibility index (Phi) is 2.40. The maximum absolute atomic E-state index is 6.08. The van der Waals surface area contributed by atoms with Crippen LogP contribution in [0.1, 0.15) is 17.1 Å². The second-order valence-corrected chi connectivity index (χ2v) is 4.69. The summed E-state index contributed by atoms with van der Waals surface area (Å²) in [5.74, 6) is 0. The highest BCUT2D eigenvalue weighted by molar-refractivity contribution is 5.48. The van der Waals surface area contributed by atoms with Crippen molar-refractivity contribution in [2.75, 3.05) is 19.3 Å². The van der Waals surface area contributed by atoms with E-state index < -0.39 is 0 Å². The van der Waals surface area contributed by atoms with Crippen molar-refractivity contribution in [1.82, 2.24) is 19.7 Å². The van der Waals surface area contributed by atoms with Crippen LogP contribution in [0.5, 0.6) is 0 Å². The van der Waals surface area contributed by atoms with E-state index in [2.05, 4.69) is 32.8 Å². The molecule has 2 aromatic rings. The highest BCUT2D eigenvalue weighted by Crippen LogP contribution is 2.24. The van der Waals surface area contributed by atoms with Crippen LogP contribution in [0.2, 0.25) is 0 Å². The van der Waals surface area contributed by atoms with Crippen LogP contribution >= 0.6 is 0 Å². The molecular weight excluding hydrogens is 214 g/mol. The molecule has 0 bridgehead atoms. The molecule has 0 amide bonds. The van der Waals surface area contributed by atoms with E-state index in [1.165, 1.54) is 11.4 Å². The first-order valence-corrected chi connectivity index (χ1v) is 5.87. The van der Waals surface area contributed by atoms with Crippen LogP contribution in [-0.2, 0) is 19.5 Å². The van der Waals surface area contributed by atoms with Gasteiger partial charge in [0.15, 0.2) is 0 Å². The van der Waals surface area contributed by atoms with Crippen molar-refractivity contribution in [2.45, 2.75) is 19.5 Å². The number of H-pyrrole nitrogens is 1. The number of anilines is 1. The van der Waals surface area contributed by atoms with Gasteiger partial charge in [-0.2, -0.15) is 5.10 Å². The number of nitrogen functional groups attached to an aromatic ring is 1. The zero-order chi connectivity index (χ0) is 11.8. The van der Waals surface area contributed by atoms with Gasteiger partial charge in [-0.25, -0.2) is 0 Å². The number of aromatic amines is 1. The van der Waals surface area contributed by atoms with Crippen LogP contribution in [0.4, 0.5) is 5.69 Å². The normalized spacial score (nSPS) is 16.1.